The van der Waals surface area contributed by atoms with Gasteiger partial charge in [-0.15, -0.1) is 0 Å². The summed E-state index contributed by atoms with van der Waals surface area (Å²) in [5, 5.41) is 2.35. The molecular formula is C23H21F3N2O4S. The van der Waals surface area contributed by atoms with Crippen LogP contribution in [-0.2, 0) is 21.0 Å². The summed E-state index contributed by atoms with van der Waals surface area (Å²) in [6, 6.07) is 18.4. The molecule has 0 saturated heterocycles. The van der Waals surface area contributed by atoms with Gasteiger partial charge in [-0.3, -0.25) is 9.10 Å². The minimum Gasteiger partial charge on any atom is -0.484 e. The monoisotopic (exact) mass is 478 g/mol. The van der Waals surface area contributed by atoms with Crippen molar-refractivity contribution in [3.05, 3.63) is 84.4 Å². The highest BCUT2D eigenvalue weighted by Crippen LogP contribution is 2.30. The molecule has 174 valence electrons. The number of carbonyl (C=O) groups is 1. The molecule has 0 heterocycles. The predicted molar refractivity (Wildman–Crippen MR) is 119 cm³/mol. The number of carbonyl (C=O) groups excluding carboxylic acids is 1. The second-order valence-corrected chi connectivity index (χ2v) is 8.75. The first-order valence-corrected chi connectivity index (χ1v) is 11.3. The van der Waals surface area contributed by atoms with Gasteiger partial charge in [0.1, 0.15) is 5.75 Å². The van der Waals surface area contributed by atoms with E-state index in [-0.39, 0.29) is 17.1 Å². The van der Waals surface area contributed by atoms with Crippen molar-refractivity contribution in [1.82, 2.24) is 0 Å². The molecule has 0 radical (unpaired) electrons. The molecule has 0 atom stereocenters. The molecule has 0 fully saturated rings. The van der Waals surface area contributed by atoms with Gasteiger partial charge in [0.15, 0.2) is 6.61 Å². The van der Waals surface area contributed by atoms with Gasteiger partial charge >= 0.3 is 6.18 Å². The van der Waals surface area contributed by atoms with E-state index in [0.29, 0.717) is 11.4 Å². The molecule has 0 spiro atoms. The number of hydrogen-bond donors (Lipinski definition) is 1. The van der Waals surface area contributed by atoms with Gasteiger partial charge in [0.25, 0.3) is 15.9 Å². The number of nitrogens with one attached hydrogen (secondary N) is 1. The normalized spacial score (nSPS) is 11.6. The lowest BCUT2D eigenvalue weighted by Gasteiger charge is -2.23. The van der Waals surface area contributed by atoms with Crippen LogP contribution in [-0.4, -0.2) is 27.5 Å². The third-order valence-corrected chi connectivity index (χ3v) is 6.50. The number of nitrogens with zero attached hydrogens (tertiary/aromatic N) is 1. The molecule has 0 aromatic heterocycles. The summed E-state index contributed by atoms with van der Waals surface area (Å²) in [4.78, 5) is 12.2. The summed E-state index contributed by atoms with van der Waals surface area (Å²) in [5.74, 6) is -0.341. The Morgan fingerprint density at radius 2 is 1.64 bits per heavy atom. The van der Waals surface area contributed by atoms with Gasteiger partial charge in [0.05, 0.1) is 16.1 Å². The molecule has 3 aromatic rings. The lowest BCUT2D eigenvalue weighted by molar-refractivity contribution is -0.137. The summed E-state index contributed by atoms with van der Waals surface area (Å²) in [6.45, 7) is 1.48. The van der Waals surface area contributed by atoms with Crippen LogP contribution in [0.2, 0.25) is 0 Å². The molecule has 0 unspecified atom stereocenters. The summed E-state index contributed by atoms with van der Waals surface area (Å²) >= 11 is 0. The van der Waals surface area contributed by atoms with Gasteiger partial charge < -0.3 is 10.1 Å². The molecule has 0 saturated carbocycles. The summed E-state index contributed by atoms with van der Waals surface area (Å²) in [6.07, 6.45) is -4.51. The van der Waals surface area contributed by atoms with Crippen LogP contribution in [0.25, 0.3) is 0 Å². The molecule has 0 aliphatic rings. The van der Waals surface area contributed by atoms with Crippen molar-refractivity contribution in [2.75, 3.05) is 22.8 Å². The van der Waals surface area contributed by atoms with E-state index in [1.54, 1.807) is 37.3 Å². The maximum Gasteiger partial charge on any atom is 0.416 e. The number of benzene rings is 3. The van der Waals surface area contributed by atoms with E-state index in [4.69, 9.17) is 4.74 Å². The van der Waals surface area contributed by atoms with Crippen molar-refractivity contribution in [3.63, 3.8) is 0 Å². The van der Waals surface area contributed by atoms with E-state index in [1.165, 1.54) is 40.7 Å². The summed E-state index contributed by atoms with van der Waals surface area (Å²) in [7, 11) is -3.74. The molecule has 6 nitrogen and oxygen atoms in total. The number of halogens is 3. The highest BCUT2D eigenvalue weighted by Gasteiger charge is 2.30. The first kappa shape index (κ1) is 24.1. The molecule has 3 rings (SSSR count). The van der Waals surface area contributed by atoms with Crippen LogP contribution in [0.15, 0.2) is 83.8 Å². The number of anilines is 2. The van der Waals surface area contributed by atoms with Crippen LogP contribution in [0.4, 0.5) is 24.5 Å². The first-order chi connectivity index (χ1) is 15.6. The molecule has 10 heteroatoms. The molecule has 1 amide bonds. The Morgan fingerprint density at radius 3 is 2.24 bits per heavy atom. The van der Waals surface area contributed by atoms with Gasteiger partial charge in [-0.2, -0.15) is 13.2 Å². The Kier molecular flexibility index (Phi) is 7.27. The van der Waals surface area contributed by atoms with E-state index < -0.39 is 34.3 Å². The minimum absolute atomic E-state index is 0.00141. The van der Waals surface area contributed by atoms with Crippen LogP contribution in [0.3, 0.4) is 0 Å². The largest absolute Gasteiger partial charge is 0.484 e. The quantitative estimate of drug-likeness (QED) is 0.498. The molecule has 0 aliphatic carbocycles. The topological polar surface area (TPSA) is 75.7 Å². The fourth-order valence-corrected chi connectivity index (χ4v) is 4.53. The van der Waals surface area contributed by atoms with Crippen molar-refractivity contribution >= 4 is 27.3 Å². The van der Waals surface area contributed by atoms with Crippen LogP contribution in [0.1, 0.15) is 12.5 Å². The number of sulfonamides is 1. The Bertz CT molecular complexity index is 1200. The number of ether oxygens (including phenoxy) is 1. The zero-order chi connectivity index (χ0) is 24.1. The molecule has 1 N–H and O–H groups in total. The fourth-order valence-electron chi connectivity index (χ4n) is 3.04. The summed E-state index contributed by atoms with van der Waals surface area (Å²) < 4.78 is 70.8. The van der Waals surface area contributed by atoms with E-state index in [9.17, 15) is 26.4 Å². The fraction of sp³-hybridized carbons (Fsp3) is 0.174. The third-order valence-electron chi connectivity index (χ3n) is 4.59. The lowest BCUT2D eigenvalue weighted by atomic mass is 10.2. The Labute approximate surface area is 189 Å². The smallest absolute Gasteiger partial charge is 0.416 e. The molecule has 33 heavy (non-hydrogen) atoms. The molecular weight excluding hydrogens is 457 g/mol. The lowest BCUT2D eigenvalue weighted by Crippen LogP contribution is -2.30. The third kappa shape index (κ3) is 6.04. The van der Waals surface area contributed by atoms with E-state index in [1.807, 2.05) is 0 Å². The van der Waals surface area contributed by atoms with Crippen molar-refractivity contribution in [2.24, 2.45) is 0 Å². The highest BCUT2D eigenvalue weighted by molar-refractivity contribution is 7.92. The minimum atomic E-state index is -4.51. The zero-order valence-electron chi connectivity index (χ0n) is 17.5. The average Bonchev–Trinajstić information content (AvgIpc) is 2.79. The van der Waals surface area contributed by atoms with Crippen LogP contribution < -0.4 is 14.4 Å². The average molecular weight is 478 g/mol. The van der Waals surface area contributed by atoms with E-state index in [2.05, 4.69) is 5.32 Å². The second kappa shape index (κ2) is 9.95. The predicted octanol–water partition coefficient (Wildman–Crippen LogP) is 4.94. The molecule has 0 bridgehead atoms. The van der Waals surface area contributed by atoms with E-state index in [0.717, 1.165) is 12.1 Å². The van der Waals surface area contributed by atoms with Crippen molar-refractivity contribution in [3.8, 4) is 5.75 Å². The van der Waals surface area contributed by atoms with Gasteiger partial charge in [-0.1, -0.05) is 24.3 Å². The number of rotatable bonds is 8. The molecule has 3 aromatic carbocycles. The SMILES string of the molecule is CCN(c1ccc(OCC(=O)Nc2cccc(C(F)(F)F)c2)cc1)S(=O)(=O)c1ccccc1. The number of alkyl halides is 3. The van der Waals surface area contributed by atoms with Gasteiger partial charge in [0, 0.05) is 12.2 Å². The van der Waals surface area contributed by atoms with Gasteiger partial charge in [0.2, 0.25) is 0 Å². The van der Waals surface area contributed by atoms with Crippen molar-refractivity contribution in [1.29, 1.82) is 0 Å². The van der Waals surface area contributed by atoms with Crippen molar-refractivity contribution in [2.45, 2.75) is 18.0 Å². The van der Waals surface area contributed by atoms with Gasteiger partial charge in [-0.05, 0) is 61.5 Å². The Morgan fingerprint density at radius 1 is 0.970 bits per heavy atom. The Hall–Kier alpha value is -3.53. The standard InChI is InChI=1S/C23H21F3N2O4S/c1-2-28(33(30,31)21-9-4-3-5-10-21)19-11-13-20(14-12-19)32-16-22(29)27-18-8-6-7-17(15-18)23(24,25)26/h3-15H,2,16H2,1H3,(H,27,29). The number of hydrogen-bond acceptors (Lipinski definition) is 4. The molecule has 0 aliphatic heterocycles. The van der Waals surface area contributed by atoms with E-state index >= 15 is 0 Å². The maximum atomic E-state index is 12.9. The van der Waals surface area contributed by atoms with Crippen LogP contribution in [0.5, 0.6) is 5.75 Å². The second-order valence-electron chi connectivity index (χ2n) is 6.89. The summed E-state index contributed by atoms with van der Waals surface area (Å²) in [5.41, 5.74) is -0.455. The zero-order valence-corrected chi connectivity index (χ0v) is 18.4. The maximum absolute atomic E-state index is 12.9. The first-order valence-electron chi connectivity index (χ1n) is 9.89. The highest BCUT2D eigenvalue weighted by atomic mass is 32.2. The van der Waals surface area contributed by atoms with Crippen molar-refractivity contribution < 1.29 is 31.1 Å². The van der Waals surface area contributed by atoms with Gasteiger partial charge in [-0.25, -0.2) is 8.42 Å². The Balaban J connectivity index is 1.63. The number of amides is 1. The van der Waals surface area contributed by atoms with Crippen LogP contribution in [0, 0.1) is 0 Å². The van der Waals surface area contributed by atoms with Crippen LogP contribution >= 0.6 is 0 Å².